The average molecular weight is 202 g/mol. The summed E-state index contributed by atoms with van der Waals surface area (Å²) in [6.45, 7) is 8.83. The van der Waals surface area contributed by atoms with Crippen LogP contribution < -0.4 is 0 Å². The van der Waals surface area contributed by atoms with Crippen LogP contribution in [0, 0.1) is 6.92 Å². The highest BCUT2D eigenvalue weighted by molar-refractivity contribution is 5.58. The van der Waals surface area contributed by atoms with E-state index in [0.717, 1.165) is 0 Å². The summed E-state index contributed by atoms with van der Waals surface area (Å²) in [6, 6.07) is 6.65. The van der Waals surface area contributed by atoms with Crippen molar-refractivity contribution in [1.82, 2.24) is 0 Å². The van der Waals surface area contributed by atoms with Gasteiger partial charge in [0.2, 0.25) is 0 Å². The number of benzene rings is 1. The molecule has 0 atom stereocenters. The summed E-state index contributed by atoms with van der Waals surface area (Å²) in [4.78, 5) is 0. The molecule has 0 unspecified atom stereocenters. The van der Waals surface area contributed by atoms with Gasteiger partial charge in [0.25, 0.3) is 0 Å². The minimum Gasteiger partial charge on any atom is -0.0870 e. The second-order valence-electron chi connectivity index (χ2n) is 4.09. The van der Waals surface area contributed by atoms with Gasteiger partial charge in [-0.25, -0.2) is 0 Å². The second kappa shape index (κ2) is 5.75. The molecule has 0 aliphatic rings. The average Bonchev–Trinajstić information content (AvgIpc) is 2.24. The van der Waals surface area contributed by atoms with Crippen LogP contribution in [0.1, 0.15) is 56.2 Å². The third-order valence-electron chi connectivity index (χ3n) is 3.12. The first kappa shape index (κ1) is 12.0. The smallest absolute Gasteiger partial charge is 0.0161 e. The third-order valence-corrected chi connectivity index (χ3v) is 3.12. The van der Waals surface area contributed by atoms with Crippen LogP contribution in [-0.2, 0) is 0 Å². The highest BCUT2D eigenvalue weighted by atomic mass is 14.2. The quantitative estimate of drug-likeness (QED) is 0.649. The van der Waals surface area contributed by atoms with E-state index in [4.69, 9.17) is 0 Å². The molecular formula is C15H22. The van der Waals surface area contributed by atoms with Crippen molar-refractivity contribution in [3.8, 4) is 0 Å². The molecule has 0 heterocycles. The predicted molar refractivity (Wildman–Crippen MR) is 69.2 cm³/mol. The van der Waals surface area contributed by atoms with Gasteiger partial charge in [0.1, 0.15) is 0 Å². The molecule has 0 aliphatic heterocycles. The maximum atomic E-state index is 2.28. The van der Waals surface area contributed by atoms with Crippen molar-refractivity contribution in [1.29, 1.82) is 0 Å². The zero-order valence-corrected chi connectivity index (χ0v) is 10.4. The number of hydrogen-bond donors (Lipinski definition) is 0. The normalized spacial score (nSPS) is 11.5. The fraction of sp³-hybridized carbons (Fsp3) is 0.467. The van der Waals surface area contributed by atoms with Crippen molar-refractivity contribution < 1.29 is 0 Å². The van der Waals surface area contributed by atoms with E-state index in [1.165, 1.54) is 29.5 Å². The SMILES string of the molecule is C/C=C\c1c(C)cccc1C(CC)CC. The fourth-order valence-electron chi connectivity index (χ4n) is 2.18. The summed E-state index contributed by atoms with van der Waals surface area (Å²) < 4.78 is 0. The van der Waals surface area contributed by atoms with Crippen molar-refractivity contribution >= 4 is 6.08 Å². The van der Waals surface area contributed by atoms with Gasteiger partial charge in [0.15, 0.2) is 0 Å². The molecule has 82 valence electrons. The molecular weight excluding hydrogens is 180 g/mol. The molecule has 0 bridgehead atoms. The van der Waals surface area contributed by atoms with Gasteiger partial charge in [-0.3, -0.25) is 0 Å². The third kappa shape index (κ3) is 2.71. The second-order valence-corrected chi connectivity index (χ2v) is 4.09. The van der Waals surface area contributed by atoms with Crippen molar-refractivity contribution in [2.45, 2.75) is 46.5 Å². The van der Waals surface area contributed by atoms with Crippen molar-refractivity contribution in [3.05, 3.63) is 41.0 Å². The Hall–Kier alpha value is -1.04. The molecule has 0 nitrogen and oxygen atoms in total. The van der Waals surface area contributed by atoms with Crippen molar-refractivity contribution in [2.75, 3.05) is 0 Å². The molecule has 1 rings (SSSR count). The first-order chi connectivity index (χ1) is 7.24. The van der Waals surface area contributed by atoms with Gasteiger partial charge in [-0.2, -0.15) is 0 Å². The zero-order chi connectivity index (χ0) is 11.3. The summed E-state index contributed by atoms with van der Waals surface area (Å²) in [7, 11) is 0. The van der Waals surface area contributed by atoms with Crippen LogP contribution in [0.3, 0.4) is 0 Å². The van der Waals surface area contributed by atoms with Gasteiger partial charge >= 0.3 is 0 Å². The minimum atomic E-state index is 0.705. The van der Waals surface area contributed by atoms with Gasteiger partial charge < -0.3 is 0 Å². The minimum absolute atomic E-state index is 0.705. The Kier molecular flexibility index (Phi) is 4.61. The molecule has 15 heavy (non-hydrogen) atoms. The maximum Gasteiger partial charge on any atom is -0.0161 e. The highest BCUT2D eigenvalue weighted by Gasteiger charge is 2.11. The largest absolute Gasteiger partial charge is 0.0870 e. The number of rotatable bonds is 4. The van der Waals surface area contributed by atoms with Gasteiger partial charge in [-0.05, 0) is 49.3 Å². The van der Waals surface area contributed by atoms with E-state index in [0.29, 0.717) is 5.92 Å². The Balaban J connectivity index is 3.20. The van der Waals surface area contributed by atoms with Gasteiger partial charge in [-0.1, -0.05) is 44.2 Å². The summed E-state index contributed by atoms with van der Waals surface area (Å²) >= 11 is 0. The zero-order valence-electron chi connectivity index (χ0n) is 10.4. The number of aryl methyl sites for hydroxylation is 1. The molecule has 1 aromatic rings. The molecule has 0 radical (unpaired) electrons. The molecule has 0 amide bonds. The molecule has 1 aromatic carbocycles. The van der Waals surface area contributed by atoms with E-state index in [1.807, 2.05) is 0 Å². The lowest BCUT2D eigenvalue weighted by Gasteiger charge is -2.17. The molecule has 0 spiro atoms. The van der Waals surface area contributed by atoms with Crippen LogP contribution in [0.5, 0.6) is 0 Å². The molecule has 0 fully saturated rings. The molecule has 0 aliphatic carbocycles. The lowest BCUT2D eigenvalue weighted by Crippen LogP contribution is -1.99. The topological polar surface area (TPSA) is 0 Å². The number of allylic oxidation sites excluding steroid dienone is 1. The first-order valence-electron chi connectivity index (χ1n) is 5.96. The summed E-state index contributed by atoms with van der Waals surface area (Å²) in [6.07, 6.45) is 6.83. The van der Waals surface area contributed by atoms with E-state index in [9.17, 15) is 0 Å². The van der Waals surface area contributed by atoms with E-state index in [1.54, 1.807) is 0 Å². The predicted octanol–water partition coefficient (Wildman–Crippen LogP) is 4.93. The monoisotopic (exact) mass is 202 g/mol. The van der Waals surface area contributed by atoms with Crippen molar-refractivity contribution in [2.24, 2.45) is 0 Å². The standard InChI is InChI=1S/C15H22/c1-5-9-14-12(4)10-8-11-15(14)13(6-2)7-3/h5,8-11,13H,6-7H2,1-4H3/b9-5-. The lowest BCUT2D eigenvalue weighted by molar-refractivity contribution is 0.640. The Morgan fingerprint density at radius 1 is 1.20 bits per heavy atom. The summed E-state index contributed by atoms with van der Waals surface area (Å²) in [5, 5.41) is 0. The number of hydrogen-bond acceptors (Lipinski definition) is 0. The Morgan fingerprint density at radius 2 is 1.87 bits per heavy atom. The lowest BCUT2D eigenvalue weighted by atomic mass is 9.88. The van der Waals surface area contributed by atoms with E-state index in [2.05, 4.69) is 58.0 Å². The van der Waals surface area contributed by atoms with Crippen LogP contribution in [0.4, 0.5) is 0 Å². The first-order valence-corrected chi connectivity index (χ1v) is 5.96. The molecule has 0 saturated carbocycles. The van der Waals surface area contributed by atoms with Crippen LogP contribution in [0.25, 0.3) is 6.08 Å². The summed E-state index contributed by atoms with van der Waals surface area (Å²) in [5.74, 6) is 0.705. The fourth-order valence-corrected chi connectivity index (χ4v) is 2.18. The van der Waals surface area contributed by atoms with E-state index >= 15 is 0 Å². The van der Waals surface area contributed by atoms with Crippen LogP contribution in [0.15, 0.2) is 24.3 Å². The molecule has 0 N–H and O–H groups in total. The van der Waals surface area contributed by atoms with Gasteiger partial charge in [-0.15, -0.1) is 0 Å². The molecule has 0 heteroatoms. The van der Waals surface area contributed by atoms with E-state index < -0.39 is 0 Å². The Labute approximate surface area is 94.0 Å². The van der Waals surface area contributed by atoms with Gasteiger partial charge in [0.05, 0.1) is 0 Å². The molecule has 0 saturated heterocycles. The molecule has 0 aromatic heterocycles. The van der Waals surface area contributed by atoms with Gasteiger partial charge in [0, 0.05) is 0 Å². The van der Waals surface area contributed by atoms with E-state index in [-0.39, 0.29) is 0 Å². The summed E-state index contributed by atoms with van der Waals surface area (Å²) in [5.41, 5.74) is 4.32. The Morgan fingerprint density at radius 3 is 2.40 bits per heavy atom. The maximum absolute atomic E-state index is 2.28. The van der Waals surface area contributed by atoms with Crippen LogP contribution in [0.2, 0.25) is 0 Å². The highest BCUT2D eigenvalue weighted by Crippen LogP contribution is 2.28. The van der Waals surface area contributed by atoms with Crippen LogP contribution >= 0.6 is 0 Å². The van der Waals surface area contributed by atoms with Crippen molar-refractivity contribution in [3.63, 3.8) is 0 Å². The Bertz CT molecular complexity index is 330. The van der Waals surface area contributed by atoms with Crippen LogP contribution in [-0.4, -0.2) is 0 Å².